The van der Waals surface area contributed by atoms with Crippen molar-refractivity contribution in [3.63, 3.8) is 0 Å². The number of rotatable bonds is 4. The van der Waals surface area contributed by atoms with Gasteiger partial charge in [-0.3, -0.25) is 9.36 Å². The zero-order valence-corrected chi connectivity index (χ0v) is 17.5. The number of aromatic nitrogens is 4. The van der Waals surface area contributed by atoms with Crippen molar-refractivity contribution >= 4 is 39.1 Å². The fourth-order valence-corrected chi connectivity index (χ4v) is 6.92. The highest BCUT2D eigenvalue weighted by Gasteiger charge is 2.28. The van der Waals surface area contributed by atoms with Crippen LogP contribution in [0.4, 0.5) is 0 Å². The Morgan fingerprint density at radius 3 is 2.74 bits per heavy atom. The van der Waals surface area contributed by atoms with E-state index in [9.17, 15) is 4.79 Å². The summed E-state index contributed by atoms with van der Waals surface area (Å²) in [5, 5.41) is 10.9. The number of hydrogen-bond acceptors (Lipinski definition) is 5. The van der Waals surface area contributed by atoms with Gasteiger partial charge in [0.1, 0.15) is 4.83 Å². The second-order valence-corrected chi connectivity index (χ2v) is 9.97. The van der Waals surface area contributed by atoms with Gasteiger partial charge in [-0.1, -0.05) is 37.9 Å². The van der Waals surface area contributed by atoms with Gasteiger partial charge in [-0.15, -0.1) is 21.5 Å². The molecule has 7 heteroatoms. The van der Waals surface area contributed by atoms with Gasteiger partial charge in [0, 0.05) is 16.7 Å². The van der Waals surface area contributed by atoms with Crippen molar-refractivity contribution in [1.82, 2.24) is 19.2 Å². The smallest absolute Gasteiger partial charge is 0.264 e. The summed E-state index contributed by atoms with van der Waals surface area (Å²) < 4.78 is 4.21. The van der Waals surface area contributed by atoms with E-state index in [4.69, 9.17) is 0 Å². The number of nitrogens with zero attached hydrogens (tertiary/aromatic N) is 4. The van der Waals surface area contributed by atoms with Crippen LogP contribution in [0.15, 0.2) is 9.95 Å². The summed E-state index contributed by atoms with van der Waals surface area (Å²) in [6.45, 7) is 2.19. The van der Waals surface area contributed by atoms with Gasteiger partial charge in [0.05, 0.1) is 5.39 Å². The molecule has 144 valence electrons. The van der Waals surface area contributed by atoms with Crippen LogP contribution < -0.4 is 5.56 Å². The van der Waals surface area contributed by atoms with Crippen molar-refractivity contribution in [2.75, 3.05) is 5.75 Å². The number of fused-ring (bicyclic) bond motifs is 5. The van der Waals surface area contributed by atoms with Crippen LogP contribution in [-0.2, 0) is 12.8 Å². The first-order chi connectivity index (χ1) is 13.3. The van der Waals surface area contributed by atoms with E-state index in [1.54, 1.807) is 11.8 Å². The summed E-state index contributed by atoms with van der Waals surface area (Å²) in [6.07, 6.45) is 11.5. The lowest BCUT2D eigenvalue weighted by Crippen LogP contribution is -2.29. The summed E-state index contributed by atoms with van der Waals surface area (Å²) >= 11 is 3.57. The normalized spacial score (nSPS) is 18.4. The third-order valence-electron chi connectivity index (χ3n) is 6.00. The molecular weight excluding hydrogens is 376 g/mol. The lowest BCUT2D eigenvalue weighted by molar-refractivity contribution is 0.351. The molecule has 1 fully saturated rings. The Balaban J connectivity index is 1.83. The Morgan fingerprint density at radius 1 is 1.11 bits per heavy atom. The molecule has 0 amide bonds. The largest absolute Gasteiger partial charge is 0.273 e. The van der Waals surface area contributed by atoms with Gasteiger partial charge in [-0.2, -0.15) is 0 Å². The topological polar surface area (TPSA) is 52.2 Å². The molecule has 0 aromatic carbocycles. The molecule has 1 saturated carbocycles. The predicted molar refractivity (Wildman–Crippen MR) is 112 cm³/mol. The van der Waals surface area contributed by atoms with Gasteiger partial charge < -0.3 is 0 Å². The van der Waals surface area contributed by atoms with Crippen LogP contribution in [0.1, 0.15) is 74.8 Å². The van der Waals surface area contributed by atoms with Crippen LogP contribution in [0.3, 0.4) is 0 Å². The van der Waals surface area contributed by atoms with Crippen molar-refractivity contribution in [3.05, 3.63) is 20.8 Å². The zero-order valence-electron chi connectivity index (χ0n) is 15.9. The van der Waals surface area contributed by atoms with Crippen molar-refractivity contribution < 1.29 is 0 Å². The van der Waals surface area contributed by atoms with E-state index in [1.165, 1.54) is 42.5 Å². The van der Waals surface area contributed by atoms with Gasteiger partial charge in [0.25, 0.3) is 5.56 Å². The molecule has 3 aromatic rings. The van der Waals surface area contributed by atoms with E-state index in [-0.39, 0.29) is 11.6 Å². The Bertz CT molecular complexity index is 1040. The standard InChI is InChI=1S/C20H26N4OS2/c1-2-12-26-20-22-21-19-23(13-8-4-3-5-9-13)17(25)16-14-10-6-7-11-15(14)27-18(16)24(19)20/h13H,2-12H2,1H3. The monoisotopic (exact) mass is 402 g/mol. The summed E-state index contributed by atoms with van der Waals surface area (Å²) in [5.41, 5.74) is 1.50. The molecule has 0 saturated heterocycles. The van der Waals surface area contributed by atoms with E-state index in [2.05, 4.69) is 21.5 Å². The lowest BCUT2D eigenvalue weighted by atomic mass is 9.94. The molecular formula is C20H26N4OS2. The van der Waals surface area contributed by atoms with Crippen LogP contribution in [0.2, 0.25) is 0 Å². The van der Waals surface area contributed by atoms with Gasteiger partial charge in [0.2, 0.25) is 5.78 Å². The summed E-state index contributed by atoms with van der Waals surface area (Å²) in [6, 6.07) is 0.269. The molecule has 0 unspecified atom stereocenters. The van der Waals surface area contributed by atoms with E-state index in [1.807, 2.05) is 15.9 Å². The Hall–Kier alpha value is -1.34. The first kappa shape index (κ1) is 17.7. The highest BCUT2D eigenvalue weighted by Crippen LogP contribution is 2.38. The van der Waals surface area contributed by atoms with Crippen LogP contribution in [0, 0.1) is 0 Å². The molecule has 0 spiro atoms. The van der Waals surface area contributed by atoms with Crippen LogP contribution in [0.5, 0.6) is 0 Å². The second kappa shape index (κ2) is 7.24. The fraction of sp³-hybridized carbons (Fsp3) is 0.650. The minimum Gasteiger partial charge on any atom is -0.273 e. The van der Waals surface area contributed by atoms with Crippen molar-refractivity contribution in [3.8, 4) is 0 Å². The van der Waals surface area contributed by atoms with E-state index in [0.717, 1.165) is 59.0 Å². The highest BCUT2D eigenvalue weighted by atomic mass is 32.2. The molecule has 0 radical (unpaired) electrons. The number of aryl methyl sites for hydroxylation is 2. The molecule has 0 aliphatic heterocycles. The Morgan fingerprint density at radius 2 is 1.93 bits per heavy atom. The van der Waals surface area contributed by atoms with E-state index >= 15 is 0 Å². The number of thioether (sulfide) groups is 1. The minimum atomic E-state index is 0.184. The van der Waals surface area contributed by atoms with E-state index in [0.29, 0.717) is 0 Å². The molecule has 2 aliphatic rings. The van der Waals surface area contributed by atoms with Crippen molar-refractivity contribution in [2.45, 2.75) is 82.3 Å². The maximum absolute atomic E-state index is 13.7. The van der Waals surface area contributed by atoms with Gasteiger partial charge in [-0.25, -0.2) is 4.40 Å². The average Bonchev–Trinajstić information content (AvgIpc) is 3.29. The molecule has 0 atom stereocenters. The Labute approximate surface area is 167 Å². The second-order valence-electron chi connectivity index (χ2n) is 7.82. The first-order valence-corrected chi connectivity index (χ1v) is 12.2. The Kier molecular flexibility index (Phi) is 4.76. The van der Waals surface area contributed by atoms with E-state index < -0.39 is 0 Å². The molecule has 0 bridgehead atoms. The first-order valence-electron chi connectivity index (χ1n) is 10.4. The maximum atomic E-state index is 13.7. The fourth-order valence-electron chi connectivity index (χ4n) is 4.69. The third-order valence-corrected chi connectivity index (χ3v) is 8.41. The molecule has 3 aromatic heterocycles. The van der Waals surface area contributed by atoms with Gasteiger partial charge in [0.15, 0.2) is 5.16 Å². The molecule has 27 heavy (non-hydrogen) atoms. The van der Waals surface area contributed by atoms with Crippen LogP contribution >= 0.6 is 23.1 Å². The van der Waals surface area contributed by atoms with Crippen LogP contribution in [-0.4, -0.2) is 24.9 Å². The SMILES string of the molecule is CCCSc1nnc2n(C3CCCCC3)c(=O)c3c4c(sc3n12)CCCC4. The minimum absolute atomic E-state index is 0.184. The number of hydrogen-bond donors (Lipinski definition) is 0. The van der Waals surface area contributed by atoms with Gasteiger partial charge in [-0.05, 0) is 50.5 Å². The third kappa shape index (κ3) is 2.85. The van der Waals surface area contributed by atoms with Crippen molar-refractivity contribution in [2.24, 2.45) is 0 Å². The van der Waals surface area contributed by atoms with Crippen LogP contribution in [0.25, 0.3) is 16.0 Å². The molecule has 5 rings (SSSR count). The zero-order chi connectivity index (χ0) is 18.4. The molecule has 3 heterocycles. The summed E-state index contributed by atoms with van der Waals surface area (Å²) in [4.78, 5) is 16.2. The summed E-state index contributed by atoms with van der Waals surface area (Å²) in [5.74, 6) is 1.78. The maximum Gasteiger partial charge on any atom is 0.264 e. The molecule has 0 N–H and O–H groups in total. The average molecular weight is 403 g/mol. The number of thiophene rings is 1. The highest BCUT2D eigenvalue weighted by molar-refractivity contribution is 7.99. The predicted octanol–water partition coefficient (Wildman–Crippen LogP) is 4.99. The quantitative estimate of drug-likeness (QED) is 0.577. The summed E-state index contributed by atoms with van der Waals surface area (Å²) in [7, 11) is 0. The molecule has 2 aliphatic carbocycles. The van der Waals surface area contributed by atoms with Crippen molar-refractivity contribution in [1.29, 1.82) is 0 Å². The molecule has 5 nitrogen and oxygen atoms in total. The van der Waals surface area contributed by atoms with Gasteiger partial charge >= 0.3 is 0 Å². The lowest BCUT2D eigenvalue weighted by Gasteiger charge is -2.24.